The Bertz CT molecular complexity index is 1100. The van der Waals surface area contributed by atoms with Crippen LogP contribution in [0.3, 0.4) is 0 Å². The minimum atomic E-state index is -1.17. The molecule has 4 rings (SSSR count). The van der Waals surface area contributed by atoms with Gasteiger partial charge < -0.3 is 9.47 Å². The third-order valence-corrected chi connectivity index (χ3v) is 6.05. The molecule has 0 aromatic heterocycles. The molecule has 1 saturated heterocycles. The van der Waals surface area contributed by atoms with Gasteiger partial charge in [0.1, 0.15) is 19.3 Å². The molecule has 2 aromatic carbocycles. The number of hydrogen-bond acceptors (Lipinski definition) is 6. The van der Waals surface area contributed by atoms with E-state index in [1.165, 1.54) is 0 Å². The fourth-order valence-electron chi connectivity index (χ4n) is 4.12. The van der Waals surface area contributed by atoms with Gasteiger partial charge in [-0.1, -0.05) is 32.0 Å². The van der Waals surface area contributed by atoms with Crippen molar-refractivity contribution < 1.29 is 28.7 Å². The zero-order valence-corrected chi connectivity index (χ0v) is 19.2. The number of carbonyl (C=O) groups excluding carboxylic acids is 4. The summed E-state index contributed by atoms with van der Waals surface area (Å²) < 4.78 is 11.1. The first-order valence-electron chi connectivity index (χ1n) is 11.4. The van der Waals surface area contributed by atoms with Crippen LogP contribution < -0.4 is 19.8 Å². The second-order valence-corrected chi connectivity index (χ2v) is 8.15. The highest BCUT2D eigenvalue weighted by Crippen LogP contribution is 2.36. The largest absolute Gasteiger partial charge is 0.486 e. The van der Waals surface area contributed by atoms with Crippen molar-refractivity contribution in [1.82, 2.24) is 10.4 Å². The Hall–Kier alpha value is -3.88. The molecule has 34 heavy (non-hydrogen) atoms. The van der Waals surface area contributed by atoms with Gasteiger partial charge in [0.25, 0.3) is 11.8 Å². The van der Waals surface area contributed by atoms with Crippen molar-refractivity contribution in [1.29, 1.82) is 0 Å². The van der Waals surface area contributed by atoms with Crippen molar-refractivity contribution in [3.63, 3.8) is 0 Å². The lowest BCUT2D eigenvalue weighted by Crippen LogP contribution is -2.55. The fraction of sp³-hybridized carbons (Fsp3) is 0.360. The summed E-state index contributed by atoms with van der Waals surface area (Å²) in [7, 11) is 0. The molecular weight excluding hydrogens is 438 g/mol. The van der Waals surface area contributed by atoms with Gasteiger partial charge in [0, 0.05) is 17.5 Å². The molecule has 0 saturated carbocycles. The molecule has 9 nitrogen and oxygen atoms in total. The van der Waals surface area contributed by atoms with E-state index in [2.05, 4.69) is 5.43 Å². The van der Waals surface area contributed by atoms with Crippen LogP contribution in [0, 0.1) is 5.92 Å². The molecule has 2 aliphatic rings. The van der Waals surface area contributed by atoms with Crippen molar-refractivity contribution in [3.05, 3.63) is 54.1 Å². The fourth-order valence-corrected chi connectivity index (χ4v) is 4.12. The summed E-state index contributed by atoms with van der Waals surface area (Å²) in [6.07, 6.45) is 0.905. The first kappa shape index (κ1) is 23.3. The van der Waals surface area contributed by atoms with E-state index in [1.807, 2.05) is 13.8 Å². The molecule has 2 aliphatic heterocycles. The second-order valence-electron chi connectivity index (χ2n) is 8.15. The van der Waals surface area contributed by atoms with Crippen LogP contribution in [0.5, 0.6) is 11.5 Å². The van der Waals surface area contributed by atoms with Crippen LogP contribution in [-0.4, -0.2) is 47.9 Å². The number of nitrogens with one attached hydrogen (secondary N) is 1. The Morgan fingerprint density at radius 3 is 2.38 bits per heavy atom. The van der Waals surface area contributed by atoms with Gasteiger partial charge in [-0.15, -0.1) is 0 Å². The quantitative estimate of drug-likeness (QED) is 0.520. The number of fused-ring (bicyclic) bond motifs is 1. The average molecular weight is 466 g/mol. The van der Waals surface area contributed by atoms with Gasteiger partial charge >= 0.3 is 0 Å². The number of imide groups is 1. The topological polar surface area (TPSA) is 105 Å². The molecule has 0 spiro atoms. The lowest BCUT2D eigenvalue weighted by molar-refractivity contribution is -0.132. The number of amides is 4. The minimum absolute atomic E-state index is 0.255. The molecule has 0 aliphatic carbocycles. The lowest BCUT2D eigenvalue weighted by atomic mass is 10.0. The van der Waals surface area contributed by atoms with Crippen LogP contribution in [0.2, 0.25) is 0 Å². The lowest BCUT2D eigenvalue weighted by Gasteiger charge is -2.29. The smallest absolute Gasteiger partial charge is 0.273 e. The van der Waals surface area contributed by atoms with Gasteiger partial charge in [-0.25, -0.2) is 9.91 Å². The first-order valence-corrected chi connectivity index (χ1v) is 11.4. The monoisotopic (exact) mass is 465 g/mol. The standard InChI is InChI=1S/C25H27N3O6/c1-3-16(4-2)23(30)26-28(24(31)17-8-6-5-7-9-17)19-15-22(29)27(25(19)32)18-10-11-20-21(14-18)34-13-12-33-20/h5-11,14,16,19H,3-4,12-13,15H2,1-2H3,(H,26,30). The van der Waals surface area contributed by atoms with Crippen LogP contribution in [0.15, 0.2) is 48.5 Å². The van der Waals surface area contributed by atoms with Crippen molar-refractivity contribution in [3.8, 4) is 11.5 Å². The van der Waals surface area contributed by atoms with Gasteiger partial charge in [0.15, 0.2) is 11.5 Å². The summed E-state index contributed by atoms with van der Waals surface area (Å²) in [5.74, 6) is -1.37. The highest BCUT2D eigenvalue weighted by Gasteiger charge is 2.46. The van der Waals surface area contributed by atoms with Gasteiger partial charge in [-0.05, 0) is 37.1 Å². The van der Waals surface area contributed by atoms with Crippen molar-refractivity contribution in [2.45, 2.75) is 39.2 Å². The van der Waals surface area contributed by atoms with Crippen LogP contribution in [0.1, 0.15) is 43.5 Å². The van der Waals surface area contributed by atoms with Gasteiger partial charge in [0.2, 0.25) is 11.8 Å². The molecule has 2 heterocycles. The Kier molecular flexibility index (Phi) is 6.81. The van der Waals surface area contributed by atoms with Gasteiger partial charge in [-0.3, -0.25) is 24.6 Å². The third kappa shape index (κ3) is 4.46. The molecule has 1 fully saturated rings. The summed E-state index contributed by atoms with van der Waals surface area (Å²) in [5, 5.41) is 1.01. The summed E-state index contributed by atoms with van der Waals surface area (Å²) in [4.78, 5) is 53.6. The van der Waals surface area contributed by atoms with Crippen LogP contribution in [0.25, 0.3) is 0 Å². The van der Waals surface area contributed by atoms with E-state index in [0.717, 1.165) is 9.91 Å². The molecule has 0 bridgehead atoms. The molecule has 2 aromatic rings. The Morgan fingerprint density at radius 1 is 1.03 bits per heavy atom. The van der Waals surface area contributed by atoms with E-state index < -0.39 is 23.8 Å². The molecular formula is C25H27N3O6. The van der Waals surface area contributed by atoms with E-state index >= 15 is 0 Å². The molecule has 0 radical (unpaired) electrons. The molecule has 178 valence electrons. The third-order valence-electron chi connectivity index (χ3n) is 6.05. The van der Waals surface area contributed by atoms with Crippen molar-refractivity contribution in [2.75, 3.05) is 18.1 Å². The van der Waals surface area contributed by atoms with Crippen LogP contribution >= 0.6 is 0 Å². The highest BCUT2D eigenvalue weighted by molar-refractivity contribution is 6.23. The maximum absolute atomic E-state index is 13.4. The van der Waals surface area contributed by atoms with Crippen molar-refractivity contribution >= 4 is 29.3 Å². The van der Waals surface area contributed by atoms with Crippen LogP contribution in [0.4, 0.5) is 5.69 Å². The Morgan fingerprint density at radius 2 is 1.71 bits per heavy atom. The van der Waals surface area contributed by atoms with Gasteiger partial charge in [-0.2, -0.15) is 0 Å². The number of ether oxygens (including phenoxy) is 2. The zero-order chi connectivity index (χ0) is 24.2. The highest BCUT2D eigenvalue weighted by atomic mass is 16.6. The molecule has 9 heteroatoms. The maximum Gasteiger partial charge on any atom is 0.273 e. The molecule has 1 N–H and O–H groups in total. The number of anilines is 1. The Balaban J connectivity index is 1.64. The Labute approximate surface area is 197 Å². The summed E-state index contributed by atoms with van der Waals surface area (Å²) in [6.45, 7) is 4.54. The van der Waals surface area contributed by atoms with E-state index in [1.54, 1.807) is 48.5 Å². The summed E-state index contributed by atoms with van der Waals surface area (Å²) in [5.41, 5.74) is 3.25. The zero-order valence-electron chi connectivity index (χ0n) is 19.2. The number of hydrazine groups is 1. The first-order chi connectivity index (χ1) is 16.4. The number of carbonyl (C=O) groups is 4. The minimum Gasteiger partial charge on any atom is -0.486 e. The number of rotatable bonds is 6. The van der Waals surface area contributed by atoms with E-state index in [4.69, 9.17) is 9.47 Å². The molecule has 4 amide bonds. The summed E-state index contributed by atoms with van der Waals surface area (Å²) in [6, 6.07) is 12.0. The van der Waals surface area contributed by atoms with Gasteiger partial charge in [0.05, 0.1) is 12.1 Å². The normalized spacial score (nSPS) is 17.1. The van der Waals surface area contributed by atoms with Crippen LogP contribution in [-0.2, 0) is 14.4 Å². The van der Waals surface area contributed by atoms with E-state index in [0.29, 0.717) is 48.8 Å². The van der Waals surface area contributed by atoms with Crippen molar-refractivity contribution in [2.24, 2.45) is 5.92 Å². The average Bonchev–Trinajstić information content (AvgIpc) is 3.16. The molecule has 1 atom stereocenters. The predicted molar refractivity (Wildman–Crippen MR) is 123 cm³/mol. The second kappa shape index (κ2) is 9.94. The molecule has 1 unspecified atom stereocenters. The maximum atomic E-state index is 13.4. The number of nitrogens with zero attached hydrogens (tertiary/aromatic N) is 2. The van der Waals surface area contributed by atoms with E-state index in [-0.39, 0.29) is 18.2 Å². The SMILES string of the molecule is CCC(CC)C(=O)NN(C(=O)c1ccccc1)C1CC(=O)N(c2ccc3c(c2)OCCO3)C1=O. The van der Waals surface area contributed by atoms with E-state index in [9.17, 15) is 19.2 Å². The number of hydrogen-bond donors (Lipinski definition) is 1. The summed E-state index contributed by atoms with van der Waals surface area (Å²) >= 11 is 0. The predicted octanol–water partition coefficient (Wildman–Crippen LogP) is 2.70. The number of benzene rings is 2.